The molecule has 0 saturated heterocycles. The highest BCUT2D eigenvalue weighted by Crippen LogP contribution is 2.27. The highest BCUT2D eigenvalue weighted by Gasteiger charge is 2.22. The van der Waals surface area contributed by atoms with Crippen LogP contribution >= 0.6 is 11.6 Å². The lowest BCUT2D eigenvalue weighted by molar-refractivity contribution is 0.452. The van der Waals surface area contributed by atoms with Gasteiger partial charge in [-0.25, -0.2) is 4.98 Å². The van der Waals surface area contributed by atoms with E-state index in [9.17, 15) is 0 Å². The Morgan fingerprint density at radius 3 is 2.63 bits per heavy atom. The SMILES string of the molecule is CCC(N)C(c1cccc(Cl)c1)n1cnc(C)c1C. The lowest BCUT2D eigenvalue weighted by Crippen LogP contribution is -2.32. The first-order valence-corrected chi connectivity index (χ1v) is 6.93. The molecule has 4 heteroatoms. The van der Waals surface area contributed by atoms with Crippen molar-refractivity contribution in [3.8, 4) is 0 Å². The van der Waals surface area contributed by atoms with Crippen LogP contribution in [0.4, 0.5) is 0 Å². The third-order valence-corrected chi connectivity index (χ3v) is 3.89. The maximum atomic E-state index is 6.32. The molecule has 2 atom stereocenters. The third kappa shape index (κ3) is 2.82. The minimum absolute atomic E-state index is 0.0331. The molecule has 0 spiro atoms. The maximum absolute atomic E-state index is 6.32. The van der Waals surface area contributed by atoms with Crippen LogP contribution < -0.4 is 5.73 Å². The quantitative estimate of drug-likeness (QED) is 0.930. The number of halogens is 1. The van der Waals surface area contributed by atoms with Gasteiger partial charge in [-0.2, -0.15) is 0 Å². The van der Waals surface area contributed by atoms with Crippen LogP contribution in [0.1, 0.15) is 36.3 Å². The van der Waals surface area contributed by atoms with Crippen LogP contribution in [-0.4, -0.2) is 15.6 Å². The van der Waals surface area contributed by atoms with E-state index < -0.39 is 0 Å². The summed E-state index contributed by atoms with van der Waals surface area (Å²) >= 11 is 6.10. The van der Waals surface area contributed by atoms with E-state index in [4.69, 9.17) is 17.3 Å². The van der Waals surface area contributed by atoms with Crippen molar-refractivity contribution in [2.75, 3.05) is 0 Å². The first-order valence-electron chi connectivity index (χ1n) is 6.55. The summed E-state index contributed by atoms with van der Waals surface area (Å²) in [6.45, 7) is 6.18. The molecule has 1 aromatic carbocycles. The van der Waals surface area contributed by atoms with Gasteiger partial charge in [-0.1, -0.05) is 30.7 Å². The van der Waals surface area contributed by atoms with E-state index in [0.717, 1.165) is 28.4 Å². The first kappa shape index (κ1) is 14.1. The van der Waals surface area contributed by atoms with Crippen molar-refractivity contribution in [3.63, 3.8) is 0 Å². The number of benzene rings is 1. The molecule has 2 rings (SSSR count). The molecule has 2 aromatic rings. The molecule has 0 saturated carbocycles. The Labute approximate surface area is 119 Å². The van der Waals surface area contributed by atoms with Gasteiger partial charge in [0.1, 0.15) is 0 Å². The van der Waals surface area contributed by atoms with E-state index >= 15 is 0 Å². The van der Waals surface area contributed by atoms with Crippen LogP contribution in [0.2, 0.25) is 5.02 Å². The fourth-order valence-electron chi connectivity index (χ4n) is 2.32. The summed E-state index contributed by atoms with van der Waals surface area (Å²) in [7, 11) is 0. The summed E-state index contributed by atoms with van der Waals surface area (Å²) in [6.07, 6.45) is 2.76. The topological polar surface area (TPSA) is 43.8 Å². The maximum Gasteiger partial charge on any atom is 0.0957 e. The molecule has 0 aliphatic heterocycles. The van der Waals surface area contributed by atoms with Gasteiger partial charge in [0.25, 0.3) is 0 Å². The fraction of sp³-hybridized carbons (Fsp3) is 0.400. The Hall–Kier alpha value is -1.32. The smallest absolute Gasteiger partial charge is 0.0957 e. The second-order valence-corrected chi connectivity index (χ2v) is 5.33. The Morgan fingerprint density at radius 1 is 1.37 bits per heavy atom. The van der Waals surface area contributed by atoms with E-state index in [1.165, 1.54) is 0 Å². The van der Waals surface area contributed by atoms with Crippen LogP contribution in [0.15, 0.2) is 30.6 Å². The van der Waals surface area contributed by atoms with Gasteiger partial charge in [0.15, 0.2) is 0 Å². The molecule has 19 heavy (non-hydrogen) atoms. The van der Waals surface area contributed by atoms with E-state index in [-0.39, 0.29) is 12.1 Å². The zero-order chi connectivity index (χ0) is 14.0. The molecular formula is C15H20ClN3. The van der Waals surface area contributed by atoms with Crippen LogP contribution in [-0.2, 0) is 0 Å². The second-order valence-electron chi connectivity index (χ2n) is 4.89. The molecule has 1 heterocycles. The summed E-state index contributed by atoms with van der Waals surface area (Å²) < 4.78 is 2.15. The van der Waals surface area contributed by atoms with Gasteiger partial charge in [0, 0.05) is 16.8 Å². The number of imidazole rings is 1. The van der Waals surface area contributed by atoms with Crippen molar-refractivity contribution in [2.45, 2.75) is 39.3 Å². The predicted molar refractivity (Wildman–Crippen MR) is 79.6 cm³/mol. The zero-order valence-electron chi connectivity index (χ0n) is 11.6. The standard InChI is InChI=1S/C15H20ClN3/c1-4-14(17)15(12-6-5-7-13(16)8-12)19-9-18-10(2)11(19)3/h5-9,14-15H,4,17H2,1-3H3. The van der Waals surface area contributed by atoms with Crippen molar-refractivity contribution in [3.05, 3.63) is 52.6 Å². The average Bonchev–Trinajstić information content (AvgIpc) is 2.71. The Bertz CT molecular complexity index is 562. The van der Waals surface area contributed by atoms with E-state index in [2.05, 4.69) is 29.5 Å². The fourth-order valence-corrected chi connectivity index (χ4v) is 2.52. The van der Waals surface area contributed by atoms with Gasteiger partial charge in [-0.3, -0.25) is 0 Å². The van der Waals surface area contributed by atoms with Crippen molar-refractivity contribution in [1.82, 2.24) is 9.55 Å². The number of aryl methyl sites for hydroxylation is 1. The minimum Gasteiger partial charge on any atom is -0.326 e. The molecule has 1 aromatic heterocycles. The number of nitrogens with two attached hydrogens (primary N) is 1. The zero-order valence-corrected chi connectivity index (χ0v) is 12.4. The minimum atomic E-state index is 0.0331. The Balaban J connectivity index is 2.50. The number of nitrogens with zero attached hydrogens (tertiary/aromatic N) is 2. The van der Waals surface area contributed by atoms with E-state index in [1.807, 2.05) is 31.5 Å². The number of hydrogen-bond donors (Lipinski definition) is 1. The summed E-state index contributed by atoms with van der Waals surface area (Å²) in [6, 6.07) is 8.01. The average molecular weight is 278 g/mol. The largest absolute Gasteiger partial charge is 0.326 e. The Kier molecular flexibility index (Phi) is 4.27. The van der Waals surface area contributed by atoms with Crippen LogP contribution in [0.3, 0.4) is 0 Å². The van der Waals surface area contributed by atoms with E-state index in [0.29, 0.717) is 0 Å². The molecule has 0 fully saturated rings. The normalized spacial score (nSPS) is 14.4. The van der Waals surface area contributed by atoms with Crippen molar-refractivity contribution < 1.29 is 0 Å². The van der Waals surface area contributed by atoms with Gasteiger partial charge in [-0.05, 0) is 38.0 Å². The van der Waals surface area contributed by atoms with Crippen molar-refractivity contribution in [2.24, 2.45) is 5.73 Å². The lowest BCUT2D eigenvalue weighted by atomic mass is 9.97. The van der Waals surface area contributed by atoms with Gasteiger partial charge >= 0.3 is 0 Å². The number of rotatable bonds is 4. The highest BCUT2D eigenvalue weighted by atomic mass is 35.5. The summed E-state index contributed by atoms with van der Waals surface area (Å²) in [4.78, 5) is 4.38. The van der Waals surface area contributed by atoms with Gasteiger partial charge < -0.3 is 10.3 Å². The molecule has 0 aliphatic rings. The van der Waals surface area contributed by atoms with Crippen LogP contribution in [0.25, 0.3) is 0 Å². The molecule has 2 unspecified atom stereocenters. The monoisotopic (exact) mass is 277 g/mol. The van der Waals surface area contributed by atoms with Gasteiger partial charge in [0.2, 0.25) is 0 Å². The van der Waals surface area contributed by atoms with Gasteiger partial charge in [0.05, 0.1) is 18.1 Å². The van der Waals surface area contributed by atoms with Crippen molar-refractivity contribution >= 4 is 11.6 Å². The first-order chi connectivity index (χ1) is 9.04. The van der Waals surface area contributed by atoms with Crippen LogP contribution in [0, 0.1) is 13.8 Å². The third-order valence-electron chi connectivity index (χ3n) is 3.65. The molecule has 3 nitrogen and oxygen atoms in total. The lowest BCUT2D eigenvalue weighted by Gasteiger charge is -2.26. The van der Waals surface area contributed by atoms with Crippen molar-refractivity contribution in [1.29, 1.82) is 0 Å². The number of aromatic nitrogens is 2. The second kappa shape index (κ2) is 5.76. The summed E-state index contributed by atoms with van der Waals surface area (Å²) in [5.41, 5.74) is 9.63. The summed E-state index contributed by atoms with van der Waals surface area (Å²) in [5.74, 6) is 0. The molecule has 0 amide bonds. The predicted octanol–water partition coefficient (Wildman–Crippen LogP) is 3.48. The highest BCUT2D eigenvalue weighted by molar-refractivity contribution is 6.30. The van der Waals surface area contributed by atoms with Crippen LogP contribution in [0.5, 0.6) is 0 Å². The molecule has 0 aliphatic carbocycles. The summed E-state index contributed by atoms with van der Waals surface area (Å²) in [5, 5.41) is 0.736. The molecule has 0 radical (unpaired) electrons. The molecule has 2 N–H and O–H groups in total. The molecule has 0 bridgehead atoms. The Morgan fingerprint density at radius 2 is 2.11 bits per heavy atom. The molecule has 102 valence electrons. The number of hydrogen-bond acceptors (Lipinski definition) is 2. The van der Waals surface area contributed by atoms with Gasteiger partial charge in [-0.15, -0.1) is 0 Å². The van der Waals surface area contributed by atoms with E-state index in [1.54, 1.807) is 0 Å². The molecular weight excluding hydrogens is 258 g/mol.